The maximum Gasteiger partial charge on any atom is 0.304 e. The van der Waals surface area contributed by atoms with E-state index >= 15 is 0 Å². The van der Waals surface area contributed by atoms with Gasteiger partial charge in [0.25, 0.3) is 0 Å². The van der Waals surface area contributed by atoms with Gasteiger partial charge in [-0.05, 0) is 43.5 Å². The zero-order valence-corrected chi connectivity index (χ0v) is 11.3. The van der Waals surface area contributed by atoms with Crippen molar-refractivity contribution >= 4 is 16.9 Å². The van der Waals surface area contributed by atoms with Crippen LogP contribution in [0.5, 0.6) is 0 Å². The van der Waals surface area contributed by atoms with E-state index in [0.717, 1.165) is 11.2 Å². The molecule has 0 fully saturated rings. The van der Waals surface area contributed by atoms with Crippen LogP contribution in [-0.2, 0) is 4.79 Å². The molecule has 1 atom stereocenters. The first kappa shape index (κ1) is 12.7. The molecule has 18 heavy (non-hydrogen) atoms. The van der Waals surface area contributed by atoms with E-state index in [-0.39, 0.29) is 12.3 Å². The van der Waals surface area contributed by atoms with Crippen molar-refractivity contribution in [3.63, 3.8) is 0 Å². The van der Waals surface area contributed by atoms with Crippen LogP contribution < -0.4 is 0 Å². The standard InChI is InChI=1S/C15H19NO2/c1-8-5-9(2)14-11(4)15(16-12(14)6-8)10(3)7-13(17)18/h5-6,10,16H,7H2,1-4H3,(H,17,18). The Hall–Kier alpha value is -1.77. The van der Waals surface area contributed by atoms with Crippen molar-refractivity contribution in [3.8, 4) is 0 Å². The Morgan fingerprint density at radius 1 is 1.33 bits per heavy atom. The van der Waals surface area contributed by atoms with E-state index in [1.54, 1.807) is 0 Å². The molecule has 0 amide bonds. The van der Waals surface area contributed by atoms with Crippen molar-refractivity contribution in [2.75, 3.05) is 0 Å². The summed E-state index contributed by atoms with van der Waals surface area (Å²) in [6.07, 6.45) is 0.158. The van der Waals surface area contributed by atoms with Crippen LogP contribution in [0.25, 0.3) is 10.9 Å². The van der Waals surface area contributed by atoms with Crippen LogP contribution in [0.4, 0.5) is 0 Å². The lowest BCUT2D eigenvalue weighted by atomic mass is 9.98. The highest BCUT2D eigenvalue weighted by molar-refractivity contribution is 5.88. The summed E-state index contributed by atoms with van der Waals surface area (Å²) in [6.45, 7) is 8.19. The SMILES string of the molecule is Cc1cc(C)c2c(C)c(C(C)CC(=O)O)[nH]c2c1. The average molecular weight is 245 g/mol. The van der Waals surface area contributed by atoms with Gasteiger partial charge < -0.3 is 10.1 Å². The van der Waals surface area contributed by atoms with Crippen LogP contribution in [0.3, 0.4) is 0 Å². The van der Waals surface area contributed by atoms with Crippen molar-refractivity contribution < 1.29 is 9.90 Å². The molecule has 96 valence electrons. The normalized spacial score (nSPS) is 12.9. The van der Waals surface area contributed by atoms with Gasteiger partial charge in [-0.15, -0.1) is 0 Å². The lowest BCUT2D eigenvalue weighted by Crippen LogP contribution is -2.04. The van der Waals surface area contributed by atoms with Gasteiger partial charge >= 0.3 is 5.97 Å². The molecule has 1 aromatic heterocycles. The molecular weight excluding hydrogens is 226 g/mol. The number of benzene rings is 1. The second-order valence-corrected chi connectivity index (χ2v) is 5.17. The number of nitrogens with one attached hydrogen (secondary N) is 1. The summed E-state index contributed by atoms with van der Waals surface area (Å²) in [5.74, 6) is -0.747. The van der Waals surface area contributed by atoms with Crippen LogP contribution in [0.1, 0.15) is 41.6 Å². The second-order valence-electron chi connectivity index (χ2n) is 5.17. The lowest BCUT2D eigenvalue weighted by molar-refractivity contribution is -0.137. The van der Waals surface area contributed by atoms with Crippen molar-refractivity contribution in [2.24, 2.45) is 0 Å². The Morgan fingerprint density at radius 3 is 2.61 bits per heavy atom. The quantitative estimate of drug-likeness (QED) is 0.866. The fourth-order valence-corrected chi connectivity index (χ4v) is 2.79. The number of fused-ring (bicyclic) bond motifs is 1. The van der Waals surface area contributed by atoms with Crippen molar-refractivity contribution in [1.82, 2.24) is 4.98 Å². The van der Waals surface area contributed by atoms with E-state index < -0.39 is 5.97 Å². The molecule has 0 saturated carbocycles. The summed E-state index contributed by atoms with van der Waals surface area (Å²) in [5.41, 5.74) is 5.79. The molecule has 2 rings (SSSR count). The van der Waals surface area contributed by atoms with Crippen molar-refractivity contribution in [3.05, 3.63) is 34.5 Å². The van der Waals surface area contributed by atoms with Gasteiger partial charge in [-0.3, -0.25) is 4.79 Å². The summed E-state index contributed by atoms with van der Waals surface area (Å²) in [6, 6.07) is 4.28. The minimum absolute atomic E-state index is 0.00889. The molecule has 0 bridgehead atoms. The number of carbonyl (C=O) groups is 1. The number of rotatable bonds is 3. The van der Waals surface area contributed by atoms with Gasteiger partial charge in [0.15, 0.2) is 0 Å². The average Bonchev–Trinajstić information content (AvgIpc) is 2.54. The third-order valence-corrected chi connectivity index (χ3v) is 3.50. The molecule has 0 radical (unpaired) electrons. The van der Waals surface area contributed by atoms with Gasteiger partial charge in [0, 0.05) is 22.5 Å². The highest BCUT2D eigenvalue weighted by Gasteiger charge is 2.17. The number of H-pyrrole nitrogens is 1. The fraction of sp³-hybridized carbons (Fsp3) is 0.400. The molecular formula is C15H19NO2. The lowest BCUT2D eigenvalue weighted by Gasteiger charge is -2.08. The van der Waals surface area contributed by atoms with Gasteiger partial charge in [0.2, 0.25) is 0 Å². The summed E-state index contributed by atoms with van der Waals surface area (Å²) >= 11 is 0. The first-order chi connectivity index (χ1) is 8.40. The van der Waals surface area contributed by atoms with E-state index in [0.29, 0.717) is 0 Å². The molecule has 0 aliphatic rings. The molecule has 2 aromatic rings. The maximum absolute atomic E-state index is 10.8. The van der Waals surface area contributed by atoms with Crippen molar-refractivity contribution in [2.45, 2.75) is 40.0 Å². The molecule has 0 aliphatic carbocycles. The fourth-order valence-electron chi connectivity index (χ4n) is 2.79. The molecule has 0 spiro atoms. The van der Waals surface area contributed by atoms with Crippen LogP contribution in [0.15, 0.2) is 12.1 Å². The smallest absolute Gasteiger partial charge is 0.304 e. The van der Waals surface area contributed by atoms with E-state index in [9.17, 15) is 4.79 Å². The van der Waals surface area contributed by atoms with Gasteiger partial charge in [-0.25, -0.2) is 0 Å². The molecule has 3 nitrogen and oxygen atoms in total. The summed E-state index contributed by atoms with van der Waals surface area (Å²) < 4.78 is 0. The minimum atomic E-state index is -0.756. The van der Waals surface area contributed by atoms with E-state index in [4.69, 9.17) is 5.11 Å². The predicted octanol–water partition coefficient (Wildman–Crippen LogP) is 3.67. The molecule has 3 heteroatoms. The Labute approximate surface area is 107 Å². The predicted molar refractivity (Wildman–Crippen MR) is 73.2 cm³/mol. The third kappa shape index (κ3) is 2.13. The Morgan fingerprint density at radius 2 is 2.00 bits per heavy atom. The Balaban J connectivity index is 2.57. The van der Waals surface area contributed by atoms with Gasteiger partial charge in [0.1, 0.15) is 0 Å². The maximum atomic E-state index is 10.8. The molecule has 1 aromatic carbocycles. The summed E-state index contributed by atoms with van der Waals surface area (Å²) in [4.78, 5) is 14.2. The number of hydrogen-bond acceptors (Lipinski definition) is 1. The van der Waals surface area contributed by atoms with Gasteiger partial charge in [-0.2, -0.15) is 0 Å². The number of carboxylic acids is 1. The van der Waals surface area contributed by atoms with Crippen molar-refractivity contribution in [1.29, 1.82) is 0 Å². The van der Waals surface area contributed by atoms with Gasteiger partial charge in [-0.1, -0.05) is 13.0 Å². The zero-order chi connectivity index (χ0) is 13.4. The molecule has 2 N–H and O–H groups in total. The third-order valence-electron chi connectivity index (χ3n) is 3.50. The summed E-state index contributed by atoms with van der Waals surface area (Å²) in [5, 5.41) is 10.1. The van der Waals surface area contributed by atoms with E-state index in [2.05, 4.69) is 37.9 Å². The first-order valence-electron chi connectivity index (χ1n) is 6.21. The molecule has 0 aliphatic heterocycles. The Kier molecular flexibility index (Phi) is 3.16. The number of aromatic amines is 1. The topological polar surface area (TPSA) is 53.1 Å². The monoisotopic (exact) mass is 245 g/mol. The van der Waals surface area contributed by atoms with Crippen LogP contribution in [0, 0.1) is 20.8 Å². The number of carboxylic acid groups (broad SMARTS) is 1. The second kappa shape index (κ2) is 4.48. The molecule has 1 heterocycles. The van der Waals surface area contributed by atoms with E-state index in [1.807, 2.05) is 6.92 Å². The zero-order valence-electron chi connectivity index (χ0n) is 11.3. The molecule has 0 saturated heterocycles. The highest BCUT2D eigenvalue weighted by atomic mass is 16.4. The number of aliphatic carboxylic acids is 1. The first-order valence-corrected chi connectivity index (χ1v) is 6.21. The number of aryl methyl sites for hydroxylation is 3. The van der Waals surface area contributed by atoms with Crippen LogP contribution in [-0.4, -0.2) is 16.1 Å². The Bertz CT molecular complexity index is 610. The largest absolute Gasteiger partial charge is 0.481 e. The molecule has 1 unspecified atom stereocenters. The van der Waals surface area contributed by atoms with Crippen LogP contribution >= 0.6 is 0 Å². The minimum Gasteiger partial charge on any atom is -0.481 e. The highest BCUT2D eigenvalue weighted by Crippen LogP contribution is 2.31. The summed E-state index contributed by atoms with van der Waals surface area (Å²) in [7, 11) is 0. The van der Waals surface area contributed by atoms with E-state index in [1.165, 1.54) is 22.1 Å². The van der Waals surface area contributed by atoms with Crippen LogP contribution in [0.2, 0.25) is 0 Å². The number of hydrogen-bond donors (Lipinski definition) is 2. The number of aromatic nitrogens is 1. The van der Waals surface area contributed by atoms with Gasteiger partial charge in [0.05, 0.1) is 6.42 Å².